The fraction of sp³-hybridized carbons (Fsp3) is 0. The van der Waals surface area contributed by atoms with Gasteiger partial charge in [0.05, 0.1) is 5.02 Å². The first-order valence-corrected chi connectivity index (χ1v) is 5.74. The molecule has 2 aromatic rings. The zero-order chi connectivity index (χ0) is 13.1. The average molecular weight is 283 g/mol. The molecule has 0 bridgehead atoms. The largest absolute Gasteiger partial charge is 0.436 e. The van der Waals surface area contributed by atoms with Gasteiger partial charge in [-0.05, 0) is 18.2 Å². The van der Waals surface area contributed by atoms with Crippen LogP contribution in [0.15, 0.2) is 36.5 Å². The van der Waals surface area contributed by atoms with Gasteiger partial charge >= 0.3 is 0 Å². The Kier molecular flexibility index (Phi) is 3.74. The summed E-state index contributed by atoms with van der Waals surface area (Å²) in [7, 11) is 0. The van der Waals surface area contributed by atoms with Crippen LogP contribution in [0.1, 0.15) is 5.56 Å². The zero-order valence-corrected chi connectivity index (χ0v) is 10.6. The molecule has 0 atom stereocenters. The quantitative estimate of drug-likeness (QED) is 0.878. The number of nitrogens with two attached hydrogens (primary N) is 1. The van der Waals surface area contributed by atoms with Gasteiger partial charge in [0.2, 0.25) is 5.88 Å². The number of halogens is 2. The minimum absolute atomic E-state index is 0.00455. The minimum atomic E-state index is -0.637. The SMILES string of the molecule is NC(=S)c1ccnc(Oc2cccc(Cl)c2F)c1. The van der Waals surface area contributed by atoms with E-state index in [1.54, 1.807) is 12.1 Å². The molecule has 3 nitrogen and oxygen atoms in total. The van der Waals surface area contributed by atoms with Crippen LogP contribution in [-0.4, -0.2) is 9.97 Å². The van der Waals surface area contributed by atoms with Crippen LogP contribution in [0.5, 0.6) is 11.6 Å². The van der Waals surface area contributed by atoms with Crippen molar-refractivity contribution < 1.29 is 9.13 Å². The molecule has 18 heavy (non-hydrogen) atoms. The van der Waals surface area contributed by atoms with E-state index in [1.807, 2.05) is 0 Å². The van der Waals surface area contributed by atoms with Crippen molar-refractivity contribution in [3.05, 3.63) is 52.9 Å². The van der Waals surface area contributed by atoms with Crippen LogP contribution >= 0.6 is 23.8 Å². The van der Waals surface area contributed by atoms with Gasteiger partial charge in [0.1, 0.15) is 4.99 Å². The summed E-state index contributed by atoms with van der Waals surface area (Å²) in [6.45, 7) is 0. The van der Waals surface area contributed by atoms with E-state index in [4.69, 9.17) is 34.3 Å². The van der Waals surface area contributed by atoms with Gasteiger partial charge in [0.15, 0.2) is 11.6 Å². The molecule has 6 heteroatoms. The lowest BCUT2D eigenvalue weighted by Crippen LogP contribution is -2.09. The van der Waals surface area contributed by atoms with Crippen LogP contribution in [0.25, 0.3) is 0 Å². The molecule has 0 aliphatic rings. The maximum atomic E-state index is 13.6. The lowest BCUT2D eigenvalue weighted by molar-refractivity contribution is 0.427. The Morgan fingerprint density at radius 2 is 2.17 bits per heavy atom. The predicted molar refractivity (Wildman–Crippen MR) is 71.6 cm³/mol. The maximum absolute atomic E-state index is 13.6. The molecule has 0 saturated heterocycles. The van der Waals surface area contributed by atoms with Crippen molar-refractivity contribution in [2.75, 3.05) is 0 Å². The van der Waals surface area contributed by atoms with Crippen molar-refractivity contribution >= 4 is 28.8 Å². The fourth-order valence-electron chi connectivity index (χ4n) is 1.29. The second-order valence-corrected chi connectivity index (χ2v) is 4.25. The van der Waals surface area contributed by atoms with Crippen LogP contribution < -0.4 is 10.5 Å². The standard InChI is InChI=1S/C12H8ClFN2OS/c13-8-2-1-3-9(11(8)14)17-10-6-7(12(15)18)4-5-16-10/h1-6H,(H2,15,18). The molecule has 0 radical (unpaired) electrons. The molecular weight excluding hydrogens is 275 g/mol. The molecule has 0 unspecified atom stereocenters. The first-order valence-electron chi connectivity index (χ1n) is 4.95. The first-order chi connectivity index (χ1) is 8.58. The number of thiocarbonyl (C=S) groups is 1. The van der Waals surface area contributed by atoms with Gasteiger partial charge in [-0.25, -0.2) is 9.37 Å². The molecule has 92 valence electrons. The summed E-state index contributed by atoms with van der Waals surface area (Å²) >= 11 is 10.5. The summed E-state index contributed by atoms with van der Waals surface area (Å²) in [5, 5.41) is -0.0157. The molecule has 1 heterocycles. The van der Waals surface area contributed by atoms with E-state index in [2.05, 4.69) is 4.98 Å². The lowest BCUT2D eigenvalue weighted by Gasteiger charge is -2.07. The van der Waals surface area contributed by atoms with Gasteiger partial charge in [0, 0.05) is 17.8 Å². The van der Waals surface area contributed by atoms with Gasteiger partial charge in [0.25, 0.3) is 0 Å². The van der Waals surface area contributed by atoms with Crippen LogP contribution in [-0.2, 0) is 0 Å². The van der Waals surface area contributed by atoms with Crippen molar-refractivity contribution in [2.45, 2.75) is 0 Å². The molecule has 0 aliphatic carbocycles. The molecule has 2 rings (SSSR count). The van der Waals surface area contributed by atoms with Gasteiger partial charge in [-0.1, -0.05) is 29.9 Å². The highest BCUT2D eigenvalue weighted by molar-refractivity contribution is 7.80. The minimum Gasteiger partial charge on any atom is -0.436 e. The van der Waals surface area contributed by atoms with E-state index in [0.29, 0.717) is 5.56 Å². The lowest BCUT2D eigenvalue weighted by atomic mass is 10.2. The number of hydrogen-bond acceptors (Lipinski definition) is 3. The van der Waals surface area contributed by atoms with Gasteiger partial charge in [-0.3, -0.25) is 0 Å². The monoisotopic (exact) mass is 282 g/mol. The number of rotatable bonds is 3. The van der Waals surface area contributed by atoms with Crippen molar-refractivity contribution in [1.29, 1.82) is 0 Å². The van der Waals surface area contributed by atoms with Crippen molar-refractivity contribution in [3.63, 3.8) is 0 Å². The van der Waals surface area contributed by atoms with Crippen molar-refractivity contribution in [1.82, 2.24) is 4.98 Å². The summed E-state index contributed by atoms with van der Waals surface area (Å²) in [5.74, 6) is -0.446. The molecular formula is C12H8ClFN2OS. The summed E-state index contributed by atoms with van der Waals surface area (Å²) in [6, 6.07) is 7.64. The second kappa shape index (κ2) is 5.29. The summed E-state index contributed by atoms with van der Waals surface area (Å²) in [5.41, 5.74) is 6.08. The Bertz CT molecular complexity index is 606. The third-order valence-electron chi connectivity index (χ3n) is 2.15. The molecule has 1 aromatic heterocycles. The van der Waals surface area contributed by atoms with Crippen LogP contribution in [0, 0.1) is 5.82 Å². The van der Waals surface area contributed by atoms with Gasteiger partial charge in [-0.15, -0.1) is 0 Å². The second-order valence-electron chi connectivity index (χ2n) is 3.40. The molecule has 0 amide bonds. The third-order valence-corrected chi connectivity index (χ3v) is 2.68. The molecule has 0 fully saturated rings. The van der Waals surface area contributed by atoms with Gasteiger partial charge in [-0.2, -0.15) is 0 Å². The van der Waals surface area contributed by atoms with E-state index in [-0.39, 0.29) is 21.6 Å². The smallest absolute Gasteiger partial charge is 0.220 e. The number of hydrogen-bond donors (Lipinski definition) is 1. The predicted octanol–water partition coefficient (Wildman–Crippen LogP) is 3.30. The van der Waals surface area contributed by atoms with Crippen molar-refractivity contribution in [3.8, 4) is 11.6 Å². The van der Waals surface area contributed by atoms with Crippen LogP contribution in [0.2, 0.25) is 5.02 Å². The normalized spacial score (nSPS) is 10.1. The number of aromatic nitrogens is 1. The molecule has 0 saturated carbocycles. The first kappa shape index (κ1) is 12.7. The Morgan fingerprint density at radius 1 is 1.39 bits per heavy atom. The van der Waals surface area contributed by atoms with E-state index < -0.39 is 5.82 Å². The van der Waals surface area contributed by atoms with E-state index in [9.17, 15) is 4.39 Å². The average Bonchev–Trinajstić information content (AvgIpc) is 2.35. The Hall–Kier alpha value is -1.72. The highest BCUT2D eigenvalue weighted by Crippen LogP contribution is 2.27. The third kappa shape index (κ3) is 2.75. The van der Waals surface area contributed by atoms with Crippen LogP contribution in [0.3, 0.4) is 0 Å². The fourth-order valence-corrected chi connectivity index (χ4v) is 1.59. The molecule has 0 spiro atoms. The molecule has 0 aliphatic heterocycles. The molecule has 1 aromatic carbocycles. The summed E-state index contributed by atoms with van der Waals surface area (Å²) in [4.78, 5) is 4.16. The van der Waals surface area contributed by atoms with Crippen LogP contribution in [0.4, 0.5) is 4.39 Å². The van der Waals surface area contributed by atoms with Crippen molar-refractivity contribution in [2.24, 2.45) is 5.73 Å². The Balaban J connectivity index is 2.31. The highest BCUT2D eigenvalue weighted by Gasteiger charge is 2.09. The topological polar surface area (TPSA) is 48.1 Å². The number of benzene rings is 1. The Labute approximate surface area is 113 Å². The Morgan fingerprint density at radius 3 is 2.89 bits per heavy atom. The van der Waals surface area contributed by atoms with Gasteiger partial charge < -0.3 is 10.5 Å². The van der Waals surface area contributed by atoms with E-state index in [1.165, 1.54) is 24.4 Å². The number of pyridine rings is 1. The number of ether oxygens (including phenoxy) is 1. The van der Waals surface area contributed by atoms with E-state index in [0.717, 1.165) is 0 Å². The maximum Gasteiger partial charge on any atom is 0.220 e. The number of nitrogens with zero attached hydrogens (tertiary/aromatic N) is 1. The summed E-state index contributed by atoms with van der Waals surface area (Å²) in [6.07, 6.45) is 1.48. The summed E-state index contributed by atoms with van der Waals surface area (Å²) < 4.78 is 18.9. The zero-order valence-electron chi connectivity index (χ0n) is 9.06. The molecule has 2 N–H and O–H groups in total. The van der Waals surface area contributed by atoms with E-state index >= 15 is 0 Å². The highest BCUT2D eigenvalue weighted by atomic mass is 35.5.